The van der Waals surface area contributed by atoms with Gasteiger partial charge in [-0.1, -0.05) is 103 Å². The summed E-state index contributed by atoms with van der Waals surface area (Å²) in [6, 6.07) is 36.2. The molecule has 0 radical (unpaired) electrons. The zero-order valence-electron chi connectivity index (χ0n) is 20.7. The quantitative estimate of drug-likeness (QED) is 0.177. The van der Waals surface area contributed by atoms with Crippen molar-refractivity contribution in [2.75, 3.05) is 0 Å². The van der Waals surface area contributed by atoms with Gasteiger partial charge in [0.1, 0.15) is 0 Å². The minimum atomic E-state index is 0.750. The highest BCUT2D eigenvalue weighted by Crippen LogP contribution is 2.15. The number of benzene rings is 4. The van der Waals surface area contributed by atoms with Gasteiger partial charge in [-0.3, -0.25) is 0 Å². The SMILES string of the molecule is Cc1cccc2c1=c1ccccc1=2.N=C=O.N=C=O.N=C=O.N=C=O.c1ccc(Cc2ccccc2)cc1. The third-order valence-corrected chi connectivity index (χ3v) is 4.85. The zero-order chi connectivity index (χ0) is 28.6. The molecule has 0 saturated heterocycles. The van der Waals surface area contributed by atoms with Crippen molar-refractivity contribution in [3.05, 3.63) is 141 Å². The van der Waals surface area contributed by atoms with Gasteiger partial charge in [0.2, 0.25) is 24.3 Å². The Kier molecular flexibility index (Phi) is 17.7. The van der Waals surface area contributed by atoms with Crippen LogP contribution in [0.25, 0.3) is 0 Å². The van der Waals surface area contributed by atoms with Crippen molar-refractivity contribution in [1.29, 1.82) is 21.6 Å². The molecule has 4 N–H and O–H groups in total. The third-order valence-electron chi connectivity index (χ3n) is 4.85. The van der Waals surface area contributed by atoms with E-state index in [1.807, 2.05) is 0 Å². The Hall–Kier alpha value is -5.60. The lowest BCUT2D eigenvalue weighted by Gasteiger charge is -2.06. The highest BCUT2D eigenvalue weighted by molar-refractivity contribution is 5.33. The standard InChI is InChI=1S/C13H10.C13H12.4CHNO/c1-9-5-4-8-12-10-6-2-3-7-11(10)13(9)12;1-3-7-12(8-4-1)11-13-9-5-2-6-10-13;4*2-1-3/h2-8H,1H3;1-10H,11H2;4*2H. The second-order valence-electron chi connectivity index (χ2n) is 7.10. The second-order valence-corrected chi connectivity index (χ2v) is 7.10. The first kappa shape index (κ1) is 32.4. The molecule has 0 heterocycles. The third kappa shape index (κ3) is 11.7. The summed E-state index contributed by atoms with van der Waals surface area (Å²) in [5.41, 5.74) is 4.12. The molecule has 0 saturated carbocycles. The van der Waals surface area contributed by atoms with Crippen molar-refractivity contribution in [1.82, 2.24) is 0 Å². The summed E-state index contributed by atoms with van der Waals surface area (Å²) in [4.78, 5) is 33.4. The largest absolute Gasteiger partial charge is 0.231 e. The summed E-state index contributed by atoms with van der Waals surface area (Å²) < 4.78 is 0. The van der Waals surface area contributed by atoms with Crippen molar-refractivity contribution in [2.45, 2.75) is 13.3 Å². The number of hydrogen-bond acceptors (Lipinski definition) is 8. The van der Waals surface area contributed by atoms with Crippen LogP contribution < -0.4 is 0 Å². The molecule has 0 aromatic heterocycles. The average molecular weight is 507 g/mol. The summed E-state index contributed by atoms with van der Waals surface area (Å²) in [7, 11) is 0. The summed E-state index contributed by atoms with van der Waals surface area (Å²) >= 11 is 0. The average Bonchev–Trinajstić information content (AvgIpc) is 2.91. The molecule has 1 aliphatic carbocycles. The Balaban J connectivity index is 0.000000514. The lowest BCUT2D eigenvalue weighted by atomic mass is 9.98. The van der Waals surface area contributed by atoms with Crippen LogP contribution in [0.1, 0.15) is 16.7 Å². The fraction of sp³-hybridized carbons (Fsp3) is 0.0667. The van der Waals surface area contributed by atoms with Crippen LogP contribution in [-0.2, 0) is 25.6 Å². The van der Waals surface area contributed by atoms with Crippen LogP contribution in [0.4, 0.5) is 0 Å². The fourth-order valence-electron chi connectivity index (χ4n) is 3.55. The molecule has 4 aromatic carbocycles. The van der Waals surface area contributed by atoms with E-state index < -0.39 is 0 Å². The van der Waals surface area contributed by atoms with Crippen molar-refractivity contribution < 1.29 is 19.2 Å². The summed E-state index contributed by atoms with van der Waals surface area (Å²) in [6.07, 6.45) is 4.03. The molecule has 0 bridgehead atoms. The molecule has 4 aromatic rings. The molecular weight excluding hydrogens is 480 g/mol. The Morgan fingerprint density at radius 2 is 0.816 bits per heavy atom. The highest BCUT2D eigenvalue weighted by Gasteiger charge is 2.02. The number of carbonyl (C=O) groups excluding carboxylic acids is 4. The van der Waals surface area contributed by atoms with E-state index in [1.165, 1.54) is 37.6 Å². The van der Waals surface area contributed by atoms with Crippen molar-refractivity contribution in [3.8, 4) is 0 Å². The Bertz CT molecular complexity index is 1500. The van der Waals surface area contributed by atoms with Crippen LogP contribution in [0.3, 0.4) is 0 Å². The number of hydrogen-bond donors (Lipinski definition) is 4. The number of nitrogens with one attached hydrogen (secondary N) is 4. The van der Waals surface area contributed by atoms with E-state index in [1.54, 1.807) is 0 Å². The van der Waals surface area contributed by atoms with Gasteiger partial charge in [-0.15, -0.1) is 0 Å². The molecule has 8 nitrogen and oxygen atoms in total. The van der Waals surface area contributed by atoms with Gasteiger partial charge >= 0.3 is 0 Å². The van der Waals surface area contributed by atoms with Gasteiger partial charge in [0.15, 0.2) is 0 Å². The van der Waals surface area contributed by atoms with Crippen LogP contribution in [0.15, 0.2) is 103 Å². The summed E-state index contributed by atoms with van der Waals surface area (Å²) in [6.45, 7) is 2.18. The van der Waals surface area contributed by atoms with Gasteiger partial charge in [-0.05, 0) is 50.9 Å². The minimum Gasteiger partial charge on any atom is -0.222 e. The molecule has 190 valence electrons. The fourth-order valence-corrected chi connectivity index (χ4v) is 3.55. The van der Waals surface area contributed by atoms with Crippen LogP contribution in [0.5, 0.6) is 0 Å². The first-order valence-corrected chi connectivity index (χ1v) is 10.9. The molecule has 0 amide bonds. The first-order valence-electron chi connectivity index (χ1n) is 10.9. The van der Waals surface area contributed by atoms with Crippen LogP contribution in [0, 0.1) is 49.4 Å². The first-order chi connectivity index (χ1) is 18.5. The summed E-state index contributed by atoms with van der Waals surface area (Å²) in [5.74, 6) is 0. The molecule has 1 aliphatic rings. The van der Waals surface area contributed by atoms with Crippen molar-refractivity contribution >= 4 is 24.3 Å². The molecule has 8 heteroatoms. The lowest BCUT2D eigenvalue weighted by molar-refractivity contribution is 0.562. The molecule has 5 rings (SSSR count). The molecule has 0 spiro atoms. The molecule has 0 unspecified atom stereocenters. The highest BCUT2D eigenvalue weighted by atomic mass is 16.1. The minimum absolute atomic E-state index is 0.750. The molecule has 0 atom stereocenters. The van der Waals surface area contributed by atoms with E-state index in [0.29, 0.717) is 0 Å². The van der Waals surface area contributed by atoms with E-state index in [9.17, 15) is 0 Å². The van der Waals surface area contributed by atoms with E-state index in [-0.39, 0.29) is 0 Å². The predicted octanol–water partition coefficient (Wildman–Crippen LogP) is 5.76. The zero-order valence-corrected chi connectivity index (χ0v) is 20.7. The Morgan fingerprint density at radius 1 is 0.474 bits per heavy atom. The smallest absolute Gasteiger partial charge is 0.222 e. The van der Waals surface area contributed by atoms with Crippen LogP contribution in [0.2, 0.25) is 0 Å². The molecule has 38 heavy (non-hydrogen) atoms. The molecule has 0 aliphatic heterocycles. The number of aryl methyl sites for hydroxylation is 1. The Morgan fingerprint density at radius 3 is 1.24 bits per heavy atom. The maximum atomic E-state index is 8.35. The molecule has 0 fully saturated rings. The topological polar surface area (TPSA) is 164 Å². The summed E-state index contributed by atoms with van der Waals surface area (Å²) in [5, 5.41) is 27.3. The van der Waals surface area contributed by atoms with Gasteiger partial charge in [-0.2, -0.15) is 0 Å². The van der Waals surface area contributed by atoms with Gasteiger partial charge in [0.05, 0.1) is 0 Å². The van der Waals surface area contributed by atoms with E-state index >= 15 is 0 Å². The van der Waals surface area contributed by atoms with Gasteiger partial charge in [0, 0.05) is 0 Å². The van der Waals surface area contributed by atoms with Crippen LogP contribution in [-0.4, -0.2) is 24.3 Å². The second kappa shape index (κ2) is 20.7. The number of fused-ring (bicyclic) bond motifs is 2. The predicted molar refractivity (Wildman–Crippen MR) is 142 cm³/mol. The van der Waals surface area contributed by atoms with E-state index in [2.05, 4.69) is 110 Å². The van der Waals surface area contributed by atoms with E-state index in [4.69, 9.17) is 40.8 Å². The monoisotopic (exact) mass is 506 g/mol. The van der Waals surface area contributed by atoms with Gasteiger partial charge in [-0.25, -0.2) is 40.8 Å². The Labute approximate surface area is 219 Å². The van der Waals surface area contributed by atoms with E-state index in [0.717, 1.165) is 30.7 Å². The number of rotatable bonds is 2. The maximum absolute atomic E-state index is 8.35. The van der Waals surface area contributed by atoms with Gasteiger partial charge in [0.25, 0.3) is 0 Å². The van der Waals surface area contributed by atoms with Crippen LogP contribution >= 0.6 is 0 Å². The number of isocyanates is 4. The lowest BCUT2D eigenvalue weighted by Crippen LogP contribution is -1.92. The maximum Gasteiger partial charge on any atom is 0.231 e. The van der Waals surface area contributed by atoms with Crippen molar-refractivity contribution in [2.24, 2.45) is 0 Å². The van der Waals surface area contributed by atoms with Gasteiger partial charge < -0.3 is 0 Å². The normalized spacial score (nSPS) is 8.13. The van der Waals surface area contributed by atoms with Crippen molar-refractivity contribution in [3.63, 3.8) is 0 Å². The molecular formula is C30H26N4O4.